The van der Waals surface area contributed by atoms with Crippen molar-refractivity contribution in [3.63, 3.8) is 0 Å². The summed E-state index contributed by atoms with van der Waals surface area (Å²) in [7, 11) is 2.68. The summed E-state index contributed by atoms with van der Waals surface area (Å²) in [6.07, 6.45) is 0. The lowest BCUT2D eigenvalue weighted by Gasteiger charge is -2.15. The van der Waals surface area contributed by atoms with Crippen molar-refractivity contribution in [3.8, 4) is 0 Å². The Morgan fingerprint density at radius 2 is 0.950 bits per heavy atom. The lowest BCUT2D eigenvalue weighted by atomic mass is 10.3. The van der Waals surface area contributed by atoms with Crippen LogP contribution in [0, 0.1) is 0 Å². The molecule has 0 amide bonds. The molecule has 2 aromatic heterocycles. The van der Waals surface area contributed by atoms with Gasteiger partial charge in [0.2, 0.25) is 31.4 Å². The van der Waals surface area contributed by atoms with E-state index in [0.717, 1.165) is 0 Å². The van der Waals surface area contributed by atoms with Gasteiger partial charge in [-0.15, -0.1) is 0 Å². The molecule has 0 bridgehead atoms. The van der Waals surface area contributed by atoms with Gasteiger partial charge in [-0.3, -0.25) is 0 Å². The molecule has 0 aliphatic carbocycles. The number of alkyl halides is 6. The largest absolute Gasteiger partial charge is 0.368 e. The summed E-state index contributed by atoms with van der Waals surface area (Å²) in [5, 5.41) is 7.06. The average Bonchev–Trinajstić information content (AvgIpc) is 2.84. The Kier molecular flexibility index (Phi) is 10.2. The number of anilines is 6. The fraction of sp³-hybridized carbons (Fsp3) is 0.100. The van der Waals surface area contributed by atoms with E-state index in [0.29, 0.717) is 31.2 Å². The highest BCUT2D eigenvalue weighted by Gasteiger charge is 2.29. The van der Waals surface area contributed by atoms with Crippen molar-refractivity contribution in [1.82, 2.24) is 29.9 Å². The van der Waals surface area contributed by atoms with Crippen LogP contribution in [0.4, 0.5) is 35.2 Å². The van der Waals surface area contributed by atoms with Crippen molar-refractivity contribution >= 4 is 150 Å². The van der Waals surface area contributed by atoms with Crippen LogP contribution in [0.2, 0.25) is 10.0 Å². The Hall–Kier alpha value is -1.32. The van der Waals surface area contributed by atoms with Crippen molar-refractivity contribution < 1.29 is 0 Å². The molecular formula is C20H12Cl8N10S2. The van der Waals surface area contributed by atoms with Crippen molar-refractivity contribution in [1.29, 1.82) is 0 Å². The maximum atomic E-state index is 6.28. The van der Waals surface area contributed by atoms with Gasteiger partial charge in [-0.05, 0) is 36.4 Å². The topological polar surface area (TPSA) is 153 Å². The van der Waals surface area contributed by atoms with E-state index in [4.69, 9.17) is 104 Å². The summed E-state index contributed by atoms with van der Waals surface area (Å²) in [5.41, 5.74) is 12.7. The molecule has 0 aliphatic rings. The van der Waals surface area contributed by atoms with Crippen LogP contribution in [-0.4, -0.2) is 29.9 Å². The summed E-state index contributed by atoms with van der Waals surface area (Å²) in [6, 6.07) is 10.3. The Balaban J connectivity index is 1.61. The highest BCUT2D eigenvalue weighted by Crippen LogP contribution is 2.46. The molecular weight excluding hydrogens is 728 g/mol. The first kappa shape index (κ1) is 31.6. The summed E-state index contributed by atoms with van der Waals surface area (Å²) >= 11 is 48.0. The predicted molar refractivity (Wildman–Crippen MR) is 168 cm³/mol. The van der Waals surface area contributed by atoms with E-state index in [1.807, 2.05) is 0 Å². The molecule has 210 valence electrons. The highest BCUT2D eigenvalue weighted by atomic mass is 35.6. The number of hydrogen-bond acceptors (Lipinski definition) is 12. The molecule has 6 N–H and O–H groups in total. The monoisotopic (exact) mass is 736 g/mol. The zero-order valence-electron chi connectivity index (χ0n) is 19.1. The van der Waals surface area contributed by atoms with Crippen molar-refractivity contribution in [2.24, 2.45) is 0 Å². The lowest BCUT2D eigenvalue weighted by molar-refractivity contribution is 0.934. The minimum absolute atomic E-state index is 0.0605. The maximum Gasteiger partial charge on any atom is 0.250 e. The third-order valence-corrected chi connectivity index (χ3v) is 8.34. The zero-order valence-corrected chi connectivity index (χ0v) is 26.8. The zero-order chi connectivity index (χ0) is 29.2. The normalized spacial score (nSPS) is 11.9. The van der Waals surface area contributed by atoms with E-state index in [1.54, 1.807) is 36.4 Å². The lowest BCUT2D eigenvalue weighted by Crippen LogP contribution is -2.13. The molecule has 10 nitrogen and oxygen atoms in total. The van der Waals surface area contributed by atoms with Crippen molar-refractivity contribution in [2.45, 2.75) is 17.4 Å². The van der Waals surface area contributed by atoms with Crippen LogP contribution in [0.3, 0.4) is 0 Å². The molecule has 0 saturated carbocycles. The van der Waals surface area contributed by atoms with Gasteiger partial charge >= 0.3 is 0 Å². The minimum Gasteiger partial charge on any atom is -0.368 e. The Labute approximate surface area is 275 Å². The van der Waals surface area contributed by atoms with E-state index in [2.05, 4.69) is 40.5 Å². The number of nitrogens with zero attached hydrogens (tertiary/aromatic N) is 6. The third-order valence-electron chi connectivity index (χ3n) is 4.41. The Bertz CT molecular complexity index is 1440. The van der Waals surface area contributed by atoms with E-state index in [9.17, 15) is 0 Å². The number of halogens is 8. The van der Waals surface area contributed by atoms with Gasteiger partial charge in [-0.25, -0.2) is 0 Å². The first-order chi connectivity index (χ1) is 18.7. The second kappa shape index (κ2) is 12.9. The summed E-state index contributed by atoms with van der Waals surface area (Å²) in [4.78, 5) is 25.5. The number of aromatic nitrogens is 6. The number of benzene rings is 2. The second-order valence-corrected chi connectivity index (χ2v) is 15.0. The molecule has 0 radical (unpaired) electrons. The summed E-state index contributed by atoms with van der Waals surface area (Å²) in [5.74, 6) is -0.436. The molecule has 4 rings (SSSR count). The van der Waals surface area contributed by atoms with E-state index >= 15 is 0 Å². The number of nitrogen functional groups attached to an aromatic ring is 2. The van der Waals surface area contributed by atoms with Crippen LogP contribution >= 0.6 is 114 Å². The van der Waals surface area contributed by atoms with Gasteiger partial charge in [0.15, 0.2) is 11.6 Å². The first-order valence-electron chi connectivity index (χ1n) is 10.3. The highest BCUT2D eigenvalue weighted by molar-refractivity contribution is 8.76. The first-order valence-corrected chi connectivity index (χ1v) is 15.5. The van der Waals surface area contributed by atoms with Gasteiger partial charge in [-0.2, -0.15) is 29.9 Å². The SMILES string of the molecule is Nc1nc(Nc2ccc(Cl)cc2SSc2cc(Cl)ccc2Nc2nc(N)nc(C(Cl)(Cl)Cl)n2)nc(C(Cl)(Cl)Cl)n1. The molecule has 4 aromatic rings. The van der Waals surface area contributed by atoms with E-state index in [1.165, 1.54) is 21.6 Å². The molecule has 2 heterocycles. The van der Waals surface area contributed by atoms with Crippen molar-refractivity contribution in [2.75, 3.05) is 22.1 Å². The third kappa shape index (κ3) is 8.60. The maximum absolute atomic E-state index is 6.28. The molecule has 2 aromatic carbocycles. The summed E-state index contributed by atoms with van der Waals surface area (Å²) < 4.78 is -3.81. The molecule has 0 unspecified atom stereocenters. The van der Waals surface area contributed by atoms with Crippen LogP contribution in [0.1, 0.15) is 11.6 Å². The van der Waals surface area contributed by atoms with Crippen LogP contribution in [0.25, 0.3) is 0 Å². The van der Waals surface area contributed by atoms with Gasteiger partial charge in [0, 0.05) is 19.8 Å². The number of rotatable bonds is 7. The van der Waals surface area contributed by atoms with Gasteiger partial charge in [0.05, 0.1) is 11.4 Å². The molecule has 0 saturated heterocycles. The van der Waals surface area contributed by atoms with Crippen LogP contribution in [0.5, 0.6) is 0 Å². The molecule has 0 spiro atoms. The number of hydrogen-bond donors (Lipinski definition) is 4. The fourth-order valence-corrected chi connectivity index (χ4v) is 6.11. The number of nitrogens with one attached hydrogen (secondary N) is 2. The van der Waals surface area contributed by atoms with Gasteiger partial charge < -0.3 is 22.1 Å². The van der Waals surface area contributed by atoms with Gasteiger partial charge in [0.25, 0.3) is 0 Å². The quantitative estimate of drug-likeness (QED) is 0.106. The molecule has 0 atom stereocenters. The van der Waals surface area contributed by atoms with E-state index < -0.39 is 7.59 Å². The summed E-state index contributed by atoms with van der Waals surface area (Å²) in [6.45, 7) is 0. The Morgan fingerprint density at radius 3 is 1.30 bits per heavy atom. The van der Waals surface area contributed by atoms with E-state index in [-0.39, 0.29) is 35.4 Å². The fourth-order valence-electron chi connectivity index (χ4n) is 2.82. The second-order valence-electron chi connectivity index (χ2n) is 7.37. The average molecular weight is 740 g/mol. The van der Waals surface area contributed by atoms with Crippen LogP contribution in [-0.2, 0) is 7.59 Å². The molecule has 0 fully saturated rings. The number of nitrogens with two attached hydrogens (primary N) is 2. The smallest absolute Gasteiger partial charge is 0.250 e. The van der Waals surface area contributed by atoms with Crippen LogP contribution in [0.15, 0.2) is 46.2 Å². The predicted octanol–water partition coefficient (Wildman–Crippen LogP) is 8.47. The van der Waals surface area contributed by atoms with Gasteiger partial charge in [-0.1, -0.05) is 114 Å². The van der Waals surface area contributed by atoms with Gasteiger partial charge in [0.1, 0.15) is 0 Å². The Morgan fingerprint density at radius 1 is 0.575 bits per heavy atom. The standard InChI is InChI=1S/C20H12Cl8N10S2/c21-7-1-3-9(31-17-35-13(19(23,24)25)33-15(29)37-17)11(5-7)39-40-12-6-8(22)2-4-10(12)32-18-36-14(20(26,27)28)34-16(30)38-18/h1-6H,(H3,29,31,33,35,37)(H3,30,32,34,36,38). The molecule has 0 aliphatic heterocycles. The van der Waals surface area contributed by atoms with Crippen LogP contribution < -0.4 is 22.1 Å². The molecule has 20 heteroatoms. The minimum atomic E-state index is -1.90. The molecule has 40 heavy (non-hydrogen) atoms. The van der Waals surface area contributed by atoms with Crippen molar-refractivity contribution in [3.05, 3.63) is 58.1 Å².